The van der Waals surface area contributed by atoms with Crippen LogP contribution in [-0.4, -0.2) is 38.6 Å². The lowest BCUT2D eigenvalue weighted by Gasteiger charge is -2.24. The number of carbonyl (C=O) groups is 1. The van der Waals surface area contributed by atoms with Crippen molar-refractivity contribution in [1.82, 2.24) is 4.31 Å². The van der Waals surface area contributed by atoms with E-state index in [0.717, 1.165) is 10.4 Å². The fraction of sp³-hybridized carbons (Fsp3) is 0.200. The summed E-state index contributed by atoms with van der Waals surface area (Å²) in [7, 11) is -1.12. The Hall–Kier alpha value is -3.40. The lowest BCUT2D eigenvalue weighted by atomic mass is 10.1. The highest BCUT2D eigenvalue weighted by atomic mass is 32.2. The largest absolute Gasteiger partial charge is 0.497 e. The van der Waals surface area contributed by atoms with Gasteiger partial charge < -0.3 is 14.8 Å². The molecule has 3 rings (SSSR count). The van der Waals surface area contributed by atoms with E-state index in [9.17, 15) is 17.6 Å². The summed E-state index contributed by atoms with van der Waals surface area (Å²) in [5.41, 5.74) is 0.964. The van der Waals surface area contributed by atoms with Crippen molar-refractivity contribution in [2.75, 3.05) is 19.5 Å². The summed E-state index contributed by atoms with van der Waals surface area (Å²) in [4.78, 5) is 12.7. The summed E-state index contributed by atoms with van der Waals surface area (Å²) < 4.78 is 53.3. The molecule has 1 aliphatic heterocycles. The Bertz CT molecular complexity index is 1130. The van der Waals surface area contributed by atoms with Gasteiger partial charge in [-0.3, -0.25) is 9.10 Å². The number of nitrogens with zero attached hydrogens (tertiary/aromatic N) is 2. The van der Waals surface area contributed by atoms with E-state index in [1.807, 2.05) is 0 Å². The van der Waals surface area contributed by atoms with E-state index >= 15 is 0 Å². The number of nitrogens with one attached hydrogen (secondary N) is 1. The maximum atomic E-state index is 13.9. The molecule has 8 nitrogen and oxygen atoms in total. The Kier molecular flexibility index (Phi) is 6.06. The third-order valence-electron chi connectivity index (χ3n) is 4.36. The first-order chi connectivity index (χ1) is 14.2. The molecule has 0 saturated carbocycles. The molecule has 0 aromatic heterocycles. The van der Waals surface area contributed by atoms with E-state index in [-0.39, 0.29) is 29.3 Å². The average molecular weight is 433 g/mol. The van der Waals surface area contributed by atoms with Crippen LogP contribution in [0.3, 0.4) is 0 Å². The predicted octanol–water partition coefficient (Wildman–Crippen LogP) is 2.89. The lowest BCUT2D eigenvalue weighted by molar-refractivity contribution is -0.112. The molecule has 2 aromatic carbocycles. The zero-order chi connectivity index (χ0) is 21.9. The van der Waals surface area contributed by atoms with Crippen LogP contribution >= 0.6 is 0 Å². The summed E-state index contributed by atoms with van der Waals surface area (Å²) in [6, 6.07) is 10.8. The second-order valence-electron chi connectivity index (χ2n) is 6.39. The number of benzene rings is 2. The van der Waals surface area contributed by atoms with Crippen LogP contribution in [0.15, 0.2) is 58.6 Å². The highest BCUT2D eigenvalue weighted by molar-refractivity contribution is 7.88. The van der Waals surface area contributed by atoms with Crippen LogP contribution in [0, 0.1) is 5.82 Å². The van der Waals surface area contributed by atoms with Crippen molar-refractivity contribution in [3.8, 4) is 11.5 Å². The second kappa shape index (κ2) is 8.54. The third-order valence-corrected chi connectivity index (χ3v) is 5.70. The lowest BCUT2D eigenvalue weighted by Crippen LogP contribution is -2.32. The smallest absolute Gasteiger partial charge is 0.344 e. The Morgan fingerprint density at radius 1 is 1.13 bits per heavy atom. The van der Waals surface area contributed by atoms with Gasteiger partial charge in [-0.05, 0) is 36.8 Å². The summed E-state index contributed by atoms with van der Waals surface area (Å²) in [5.74, 6) is -0.576. The number of carbonyl (C=O) groups excluding carboxylic acids is 1. The molecule has 30 heavy (non-hydrogen) atoms. The van der Waals surface area contributed by atoms with E-state index in [1.54, 1.807) is 24.3 Å². The van der Waals surface area contributed by atoms with Gasteiger partial charge in [0.15, 0.2) is 11.6 Å². The van der Waals surface area contributed by atoms with Gasteiger partial charge >= 0.3 is 10.2 Å². The SMILES string of the molecule is COc1ccc(CN2C=C(C(=O)Nc3ccc(OC)c(F)c3)C(C)=NS2(=O)=O)cc1. The number of ether oxygens (including phenoxy) is 2. The monoisotopic (exact) mass is 433 g/mol. The van der Waals surface area contributed by atoms with E-state index < -0.39 is 21.9 Å². The Morgan fingerprint density at radius 3 is 2.43 bits per heavy atom. The van der Waals surface area contributed by atoms with Crippen molar-refractivity contribution in [3.05, 3.63) is 65.6 Å². The average Bonchev–Trinajstić information content (AvgIpc) is 2.70. The van der Waals surface area contributed by atoms with Gasteiger partial charge in [0, 0.05) is 18.0 Å². The van der Waals surface area contributed by atoms with E-state index in [1.165, 1.54) is 39.5 Å². The molecule has 0 radical (unpaired) electrons. The molecule has 1 N–H and O–H groups in total. The minimum Gasteiger partial charge on any atom is -0.497 e. The van der Waals surface area contributed by atoms with Crippen molar-refractivity contribution >= 4 is 27.5 Å². The normalized spacial score (nSPS) is 15.1. The molecule has 0 atom stereocenters. The highest BCUT2D eigenvalue weighted by Crippen LogP contribution is 2.24. The van der Waals surface area contributed by atoms with Gasteiger partial charge in [-0.25, -0.2) is 4.39 Å². The first kappa shape index (κ1) is 21.3. The zero-order valence-corrected chi connectivity index (χ0v) is 17.4. The van der Waals surface area contributed by atoms with Gasteiger partial charge in [-0.1, -0.05) is 12.1 Å². The van der Waals surface area contributed by atoms with Crippen LogP contribution in [0.25, 0.3) is 0 Å². The number of amides is 1. The van der Waals surface area contributed by atoms with Gasteiger partial charge in [0.05, 0.1) is 32.0 Å². The number of hydrogen-bond acceptors (Lipinski definition) is 5. The highest BCUT2D eigenvalue weighted by Gasteiger charge is 2.28. The van der Waals surface area contributed by atoms with Crippen molar-refractivity contribution in [2.24, 2.45) is 4.40 Å². The molecule has 0 fully saturated rings. The van der Waals surface area contributed by atoms with Gasteiger partial charge in [-0.15, -0.1) is 4.40 Å². The fourth-order valence-corrected chi connectivity index (χ4v) is 3.88. The maximum Gasteiger partial charge on any atom is 0.344 e. The Labute approximate surface area is 173 Å². The van der Waals surface area contributed by atoms with Gasteiger partial charge in [0.25, 0.3) is 5.91 Å². The molecule has 1 amide bonds. The summed E-state index contributed by atoms with van der Waals surface area (Å²) in [6.45, 7) is 1.40. The van der Waals surface area contributed by atoms with Crippen LogP contribution in [0.4, 0.5) is 10.1 Å². The molecule has 1 heterocycles. The van der Waals surface area contributed by atoms with Gasteiger partial charge in [-0.2, -0.15) is 8.42 Å². The van der Waals surface area contributed by atoms with Crippen molar-refractivity contribution < 1.29 is 27.1 Å². The van der Waals surface area contributed by atoms with Crippen LogP contribution in [-0.2, 0) is 21.5 Å². The molecule has 0 unspecified atom stereocenters. The first-order valence-corrected chi connectivity index (χ1v) is 10.2. The van der Waals surface area contributed by atoms with Crippen LogP contribution < -0.4 is 14.8 Å². The fourth-order valence-electron chi connectivity index (χ4n) is 2.78. The standard InChI is InChI=1S/C20H20FN3O5S/c1-13-17(20(25)22-15-6-9-19(29-3)18(21)10-15)12-24(30(26,27)23-13)11-14-4-7-16(28-2)8-5-14/h4-10,12H,11H2,1-3H3,(H,22,25). The number of anilines is 1. The van der Waals surface area contributed by atoms with Crippen LogP contribution in [0.2, 0.25) is 0 Å². The zero-order valence-electron chi connectivity index (χ0n) is 16.5. The van der Waals surface area contributed by atoms with Crippen molar-refractivity contribution in [3.63, 3.8) is 0 Å². The number of halogens is 1. The Morgan fingerprint density at radius 2 is 1.83 bits per heavy atom. The van der Waals surface area contributed by atoms with Gasteiger partial charge in [0.2, 0.25) is 0 Å². The summed E-state index contributed by atoms with van der Waals surface area (Å²) in [5, 5.41) is 2.54. The van der Waals surface area contributed by atoms with E-state index in [0.29, 0.717) is 11.3 Å². The minimum atomic E-state index is -3.98. The molecular formula is C20H20FN3O5S. The number of methoxy groups -OCH3 is 2. The molecule has 0 bridgehead atoms. The molecule has 1 aliphatic rings. The molecule has 0 saturated heterocycles. The second-order valence-corrected chi connectivity index (χ2v) is 7.94. The van der Waals surface area contributed by atoms with E-state index in [2.05, 4.69) is 9.71 Å². The molecule has 158 valence electrons. The first-order valence-electron chi connectivity index (χ1n) is 8.82. The molecule has 2 aromatic rings. The number of hydrogen-bond donors (Lipinski definition) is 1. The molecule has 0 aliphatic carbocycles. The van der Waals surface area contributed by atoms with Crippen LogP contribution in [0.5, 0.6) is 11.5 Å². The third kappa shape index (κ3) is 4.60. The molecule has 10 heteroatoms. The van der Waals surface area contributed by atoms with E-state index in [4.69, 9.17) is 9.47 Å². The Balaban J connectivity index is 1.84. The minimum absolute atomic E-state index is 0.0168. The predicted molar refractivity (Wildman–Crippen MR) is 110 cm³/mol. The van der Waals surface area contributed by atoms with Crippen molar-refractivity contribution in [1.29, 1.82) is 0 Å². The number of rotatable bonds is 6. The van der Waals surface area contributed by atoms with Crippen LogP contribution in [0.1, 0.15) is 12.5 Å². The molecule has 0 spiro atoms. The topological polar surface area (TPSA) is 97.3 Å². The molecular weight excluding hydrogens is 413 g/mol. The summed E-state index contributed by atoms with van der Waals surface area (Å²) >= 11 is 0. The summed E-state index contributed by atoms with van der Waals surface area (Å²) in [6.07, 6.45) is 1.22. The van der Waals surface area contributed by atoms with Crippen molar-refractivity contribution in [2.45, 2.75) is 13.5 Å². The van der Waals surface area contributed by atoms with Gasteiger partial charge in [0.1, 0.15) is 5.75 Å². The maximum absolute atomic E-state index is 13.9. The quantitative estimate of drug-likeness (QED) is 0.756.